The lowest BCUT2D eigenvalue weighted by Gasteiger charge is -2.22. The van der Waals surface area contributed by atoms with Crippen LogP contribution in [0.25, 0.3) is 0 Å². The van der Waals surface area contributed by atoms with Crippen LogP contribution in [-0.4, -0.2) is 51.3 Å². The number of aliphatic imine (C=N–C) groups is 1. The average Bonchev–Trinajstić information content (AvgIpc) is 3.42. The molecule has 0 atom stereocenters. The van der Waals surface area contributed by atoms with Crippen molar-refractivity contribution in [1.29, 1.82) is 0 Å². The van der Waals surface area contributed by atoms with E-state index in [1.165, 1.54) is 18.4 Å². The molecule has 6 heteroatoms. The largest absolute Gasteiger partial charge is 0.497 e. The maximum absolute atomic E-state index is 5.66. The van der Waals surface area contributed by atoms with E-state index >= 15 is 0 Å². The molecule has 1 aromatic rings. The van der Waals surface area contributed by atoms with E-state index in [1.807, 2.05) is 12.1 Å². The standard InChI is InChI=1S/C19H31N3O2.HI/c1-4-20-19(21-12-5-13-24-15-17-6-7-17)22(2)14-16-8-10-18(23-3)11-9-16;/h8-11,17H,4-7,12-15H2,1-3H3,(H,20,21);1H. The van der Waals surface area contributed by atoms with Crippen molar-refractivity contribution >= 4 is 29.9 Å². The summed E-state index contributed by atoms with van der Waals surface area (Å²) in [5.41, 5.74) is 1.23. The molecular formula is C19H32IN3O2. The smallest absolute Gasteiger partial charge is 0.193 e. The third kappa shape index (κ3) is 8.76. The van der Waals surface area contributed by atoms with Crippen LogP contribution in [0.5, 0.6) is 5.75 Å². The fraction of sp³-hybridized carbons (Fsp3) is 0.632. The Bertz CT molecular complexity index is 504. The Morgan fingerprint density at radius 1 is 1.28 bits per heavy atom. The molecule has 0 spiro atoms. The van der Waals surface area contributed by atoms with Gasteiger partial charge in [0, 0.05) is 39.9 Å². The Hall–Kier alpha value is -1.02. The first-order valence-electron chi connectivity index (χ1n) is 8.93. The number of nitrogens with one attached hydrogen (secondary N) is 1. The molecule has 2 rings (SSSR count). The molecule has 0 bridgehead atoms. The summed E-state index contributed by atoms with van der Waals surface area (Å²) in [6, 6.07) is 8.16. The van der Waals surface area contributed by atoms with Gasteiger partial charge in [0.1, 0.15) is 5.75 Å². The molecule has 0 aliphatic heterocycles. The van der Waals surface area contributed by atoms with Gasteiger partial charge in [0.2, 0.25) is 0 Å². The van der Waals surface area contributed by atoms with Crippen LogP contribution in [0.4, 0.5) is 0 Å². The number of benzene rings is 1. The molecule has 142 valence electrons. The highest BCUT2D eigenvalue weighted by atomic mass is 127. The fourth-order valence-electron chi connectivity index (χ4n) is 2.44. The van der Waals surface area contributed by atoms with Gasteiger partial charge < -0.3 is 19.7 Å². The summed E-state index contributed by atoms with van der Waals surface area (Å²) in [5, 5.41) is 3.35. The number of halogens is 1. The highest BCUT2D eigenvalue weighted by molar-refractivity contribution is 14.0. The Kier molecular flexibility index (Phi) is 10.9. The van der Waals surface area contributed by atoms with E-state index in [-0.39, 0.29) is 24.0 Å². The van der Waals surface area contributed by atoms with Gasteiger partial charge >= 0.3 is 0 Å². The van der Waals surface area contributed by atoms with Crippen molar-refractivity contribution in [1.82, 2.24) is 10.2 Å². The lowest BCUT2D eigenvalue weighted by atomic mass is 10.2. The average molecular weight is 461 g/mol. The van der Waals surface area contributed by atoms with Crippen LogP contribution in [-0.2, 0) is 11.3 Å². The Morgan fingerprint density at radius 2 is 2.00 bits per heavy atom. The van der Waals surface area contributed by atoms with Gasteiger partial charge in [0.15, 0.2) is 5.96 Å². The lowest BCUT2D eigenvalue weighted by Crippen LogP contribution is -2.38. The first kappa shape index (κ1) is 22.0. The first-order chi connectivity index (χ1) is 11.7. The molecule has 0 heterocycles. The van der Waals surface area contributed by atoms with Gasteiger partial charge in [-0.25, -0.2) is 0 Å². The van der Waals surface area contributed by atoms with Gasteiger partial charge in [-0.05, 0) is 49.8 Å². The molecule has 1 aromatic carbocycles. The van der Waals surface area contributed by atoms with E-state index in [0.29, 0.717) is 0 Å². The van der Waals surface area contributed by atoms with Gasteiger partial charge in [0.25, 0.3) is 0 Å². The number of methoxy groups -OCH3 is 1. The molecule has 0 saturated heterocycles. The molecule has 1 fully saturated rings. The quantitative estimate of drug-likeness (QED) is 0.251. The molecule has 1 N–H and O–H groups in total. The summed E-state index contributed by atoms with van der Waals surface area (Å²) in [6.07, 6.45) is 3.66. The Balaban J connectivity index is 0.00000312. The van der Waals surface area contributed by atoms with Gasteiger partial charge in [0.05, 0.1) is 7.11 Å². The van der Waals surface area contributed by atoms with Crippen molar-refractivity contribution in [3.63, 3.8) is 0 Å². The van der Waals surface area contributed by atoms with Crippen LogP contribution in [0.1, 0.15) is 31.7 Å². The minimum absolute atomic E-state index is 0. The molecule has 0 unspecified atom stereocenters. The van der Waals surface area contributed by atoms with Crippen molar-refractivity contribution in [3.8, 4) is 5.75 Å². The predicted molar refractivity (Wildman–Crippen MR) is 114 cm³/mol. The Labute approximate surface area is 169 Å². The predicted octanol–water partition coefficient (Wildman–Crippen LogP) is 3.53. The van der Waals surface area contributed by atoms with E-state index in [9.17, 15) is 0 Å². The second-order valence-electron chi connectivity index (χ2n) is 6.31. The molecule has 0 amide bonds. The number of hydrogen-bond acceptors (Lipinski definition) is 3. The maximum Gasteiger partial charge on any atom is 0.193 e. The lowest BCUT2D eigenvalue weighted by molar-refractivity contribution is 0.123. The molecule has 1 saturated carbocycles. The van der Waals surface area contributed by atoms with Crippen molar-refractivity contribution in [2.24, 2.45) is 10.9 Å². The third-order valence-electron chi connectivity index (χ3n) is 4.03. The van der Waals surface area contributed by atoms with Crippen LogP contribution < -0.4 is 10.1 Å². The van der Waals surface area contributed by atoms with Crippen molar-refractivity contribution < 1.29 is 9.47 Å². The van der Waals surface area contributed by atoms with Crippen LogP contribution >= 0.6 is 24.0 Å². The monoisotopic (exact) mass is 461 g/mol. The van der Waals surface area contributed by atoms with Crippen molar-refractivity contribution in [2.75, 3.05) is 40.5 Å². The molecular weight excluding hydrogens is 429 g/mol. The second-order valence-corrected chi connectivity index (χ2v) is 6.31. The summed E-state index contributed by atoms with van der Waals surface area (Å²) in [7, 11) is 3.75. The van der Waals surface area contributed by atoms with Gasteiger partial charge in [-0.3, -0.25) is 4.99 Å². The van der Waals surface area contributed by atoms with E-state index in [4.69, 9.17) is 14.5 Å². The molecule has 0 aromatic heterocycles. The number of nitrogens with zero attached hydrogens (tertiary/aromatic N) is 2. The number of ether oxygens (including phenoxy) is 2. The minimum Gasteiger partial charge on any atom is -0.497 e. The Morgan fingerprint density at radius 3 is 2.60 bits per heavy atom. The second kappa shape index (κ2) is 12.4. The summed E-state index contributed by atoms with van der Waals surface area (Å²) >= 11 is 0. The first-order valence-corrected chi connectivity index (χ1v) is 8.93. The molecule has 5 nitrogen and oxygen atoms in total. The topological polar surface area (TPSA) is 46.1 Å². The minimum atomic E-state index is 0. The SMILES string of the molecule is CCNC(=NCCCOCC1CC1)N(C)Cc1ccc(OC)cc1.I. The van der Waals surface area contributed by atoms with E-state index in [2.05, 4.69) is 36.3 Å². The molecule has 1 aliphatic carbocycles. The summed E-state index contributed by atoms with van der Waals surface area (Å²) in [4.78, 5) is 6.85. The third-order valence-corrected chi connectivity index (χ3v) is 4.03. The van der Waals surface area contributed by atoms with Crippen molar-refractivity contribution in [3.05, 3.63) is 29.8 Å². The highest BCUT2D eigenvalue weighted by Crippen LogP contribution is 2.28. The fourth-order valence-corrected chi connectivity index (χ4v) is 2.44. The maximum atomic E-state index is 5.66. The summed E-state index contributed by atoms with van der Waals surface area (Å²) < 4.78 is 10.9. The zero-order valence-corrected chi connectivity index (χ0v) is 18.0. The van der Waals surface area contributed by atoms with Gasteiger partial charge in [-0.1, -0.05) is 12.1 Å². The zero-order chi connectivity index (χ0) is 17.2. The van der Waals surface area contributed by atoms with E-state index in [0.717, 1.165) is 56.9 Å². The molecule has 1 aliphatic rings. The van der Waals surface area contributed by atoms with Gasteiger partial charge in [-0.2, -0.15) is 0 Å². The van der Waals surface area contributed by atoms with Gasteiger partial charge in [-0.15, -0.1) is 24.0 Å². The van der Waals surface area contributed by atoms with Crippen LogP contribution in [0.3, 0.4) is 0 Å². The molecule has 25 heavy (non-hydrogen) atoms. The van der Waals surface area contributed by atoms with E-state index in [1.54, 1.807) is 7.11 Å². The highest BCUT2D eigenvalue weighted by Gasteiger charge is 2.20. The number of guanidine groups is 1. The van der Waals surface area contributed by atoms with Crippen molar-refractivity contribution in [2.45, 2.75) is 32.7 Å². The van der Waals surface area contributed by atoms with Crippen LogP contribution in [0.15, 0.2) is 29.3 Å². The molecule has 0 radical (unpaired) electrons. The van der Waals surface area contributed by atoms with Crippen LogP contribution in [0, 0.1) is 5.92 Å². The van der Waals surface area contributed by atoms with E-state index < -0.39 is 0 Å². The summed E-state index contributed by atoms with van der Waals surface area (Å²) in [5.74, 6) is 2.66. The van der Waals surface area contributed by atoms with Crippen LogP contribution in [0.2, 0.25) is 0 Å². The number of rotatable bonds is 10. The summed E-state index contributed by atoms with van der Waals surface area (Å²) in [6.45, 7) is 6.30. The normalized spacial score (nSPS) is 14.0. The number of hydrogen-bond donors (Lipinski definition) is 1. The zero-order valence-electron chi connectivity index (χ0n) is 15.7.